The lowest BCUT2D eigenvalue weighted by Gasteiger charge is -2.40. The standard InChI is InChI=1S/C21H27N3O4S2/c1-14-17(22-19(29-14)15-7-4-3-5-8-15)13-18-16(23-30(2,27)28)9-12-24(18)20(25)21(26)10-6-11-21/h3-5,7-8,16,18,23,26H,6,9-13H2,1-2H3/t16-,18-/m1/s1. The second-order valence-corrected chi connectivity index (χ2v) is 11.3. The van der Waals surface area contributed by atoms with Gasteiger partial charge in [-0.05, 0) is 32.6 Å². The van der Waals surface area contributed by atoms with E-state index in [9.17, 15) is 18.3 Å². The number of amides is 1. The summed E-state index contributed by atoms with van der Waals surface area (Å²) >= 11 is 1.59. The highest BCUT2D eigenvalue weighted by Gasteiger charge is 2.49. The van der Waals surface area contributed by atoms with Crippen molar-refractivity contribution < 1.29 is 18.3 Å². The first-order chi connectivity index (χ1) is 14.2. The van der Waals surface area contributed by atoms with E-state index in [1.165, 1.54) is 0 Å². The number of nitrogens with zero attached hydrogens (tertiary/aromatic N) is 2. The molecule has 1 aliphatic carbocycles. The molecule has 2 fully saturated rings. The molecule has 0 spiro atoms. The van der Waals surface area contributed by atoms with Crippen LogP contribution in [0, 0.1) is 6.92 Å². The summed E-state index contributed by atoms with van der Waals surface area (Å²) < 4.78 is 26.5. The van der Waals surface area contributed by atoms with Crippen molar-refractivity contribution in [3.05, 3.63) is 40.9 Å². The summed E-state index contributed by atoms with van der Waals surface area (Å²) in [6.45, 7) is 2.42. The number of hydrogen-bond acceptors (Lipinski definition) is 6. The van der Waals surface area contributed by atoms with Crippen molar-refractivity contribution in [1.29, 1.82) is 0 Å². The van der Waals surface area contributed by atoms with Crippen molar-refractivity contribution in [2.45, 2.75) is 56.7 Å². The Morgan fingerprint density at radius 2 is 2.03 bits per heavy atom. The molecule has 1 amide bonds. The Hall–Kier alpha value is -1.81. The van der Waals surface area contributed by atoms with E-state index in [0.29, 0.717) is 32.2 Å². The number of aliphatic hydroxyl groups is 1. The van der Waals surface area contributed by atoms with Gasteiger partial charge >= 0.3 is 0 Å². The van der Waals surface area contributed by atoms with Gasteiger partial charge < -0.3 is 10.0 Å². The number of benzene rings is 1. The predicted octanol–water partition coefficient (Wildman–Crippen LogP) is 2.09. The summed E-state index contributed by atoms with van der Waals surface area (Å²) in [6.07, 6.45) is 3.87. The zero-order chi connectivity index (χ0) is 21.5. The van der Waals surface area contributed by atoms with Gasteiger partial charge in [-0.2, -0.15) is 0 Å². The average molecular weight is 450 g/mol. The van der Waals surface area contributed by atoms with Crippen molar-refractivity contribution in [2.24, 2.45) is 0 Å². The van der Waals surface area contributed by atoms with Crippen LogP contribution in [0.15, 0.2) is 30.3 Å². The molecule has 0 radical (unpaired) electrons. The highest BCUT2D eigenvalue weighted by atomic mass is 32.2. The van der Waals surface area contributed by atoms with E-state index in [1.54, 1.807) is 16.2 Å². The molecule has 4 rings (SSSR count). The Labute approximate surface area is 181 Å². The van der Waals surface area contributed by atoms with E-state index in [4.69, 9.17) is 4.98 Å². The molecule has 9 heteroatoms. The van der Waals surface area contributed by atoms with Gasteiger partial charge in [0.1, 0.15) is 10.6 Å². The van der Waals surface area contributed by atoms with Gasteiger partial charge in [-0.1, -0.05) is 30.3 Å². The first-order valence-electron chi connectivity index (χ1n) is 10.2. The molecule has 1 aromatic heterocycles. The number of hydrogen-bond donors (Lipinski definition) is 2. The Morgan fingerprint density at radius 1 is 1.33 bits per heavy atom. The van der Waals surface area contributed by atoms with E-state index in [1.807, 2.05) is 37.3 Å². The first kappa shape index (κ1) is 21.4. The van der Waals surface area contributed by atoms with E-state index in [-0.39, 0.29) is 11.9 Å². The molecule has 2 aromatic rings. The van der Waals surface area contributed by atoms with Crippen LogP contribution in [0.25, 0.3) is 10.6 Å². The molecular weight excluding hydrogens is 422 g/mol. The van der Waals surface area contributed by atoms with Gasteiger partial charge in [0.25, 0.3) is 5.91 Å². The molecule has 2 atom stereocenters. The molecule has 1 aromatic carbocycles. The molecule has 0 bridgehead atoms. The number of aryl methyl sites for hydroxylation is 1. The zero-order valence-electron chi connectivity index (χ0n) is 17.2. The number of carbonyl (C=O) groups is 1. The van der Waals surface area contributed by atoms with E-state index in [0.717, 1.165) is 33.8 Å². The fourth-order valence-corrected chi connectivity index (χ4v) is 6.05. The van der Waals surface area contributed by atoms with Crippen molar-refractivity contribution in [3.8, 4) is 10.6 Å². The van der Waals surface area contributed by atoms with Crippen molar-refractivity contribution in [2.75, 3.05) is 12.8 Å². The molecule has 2 aliphatic rings. The van der Waals surface area contributed by atoms with Crippen molar-refractivity contribution in [1.82, 2.24) is 14.6 Å². The lowest BCUT2D eigenvalue weighted by atomic mass is 9.79. The summed E-state index contributed by atoms with van der Waals surface area (Å²) in [5, 5.41) is 11.5. The quantitative estimate of drug-likeness (QED) is 0.704. The van der Waals surface area contributed by atoms with Crippen LogP contribution in [0.5, 0.6) is 0 Å². The lowest BCUT2D eigenvalue weighted by molar-refractivity contribution is -0.161. The molecule has 30 heavy (non-hydrogen) atoms. The molecule has 162 valence electrons. The second kappa shape index (κ2) is 8.03. The third-order valence-corrected chi connectivity index (χ3v) is 7.86. The Balaban J connectivity index is 1.62. The summed E-state index contributed by atoms with van der Waals surface area (Å²) in [4.78, 5) is 20.6. The van der Waals surface area contributed by atoms with Gasteiger partial charge in [-0.15, -0.1) is 11.3 Å². The maximum absolute atomic E-state index is 13.1. The highest BCUT2D eigenvalue weighted by molar-refractivity contribution is 7.88. The van der Waals surface area contributed by atoms with Gasteiger partial charge in [-0.3, -0.25) is 4.79 Å². The highest BCUT2D eigenvalue weighted by Crippen LogP contribution is 2.37. The molecular formula is C21H27N3O4S2. The monoisotopic (exact) mass is 449 g/mol. The maximum atomic E-state index is 13.1. The van der Waals surface area contributed by atoms with Crippen LogP contribution in [0.4, 0.5) is 0 Å². The molecule has 1 saturated carbocycles. The summed E-state index contributed by atoms with van der Waals surface area (Å²) in [5.41, 5.74) is 0.597. The van der Waals surface area contributed by atoms with Crippen LogP contribution >= 0.6 is 11.3 Å². The number of nitrogens with one attached hydrogen (secondary N) is 1. The van der Waals surface area contributed by atoms with Gasteiger partial charge in [0.05, 0.1) is 18.0 Å². The molecule has 0 unspecified atom stereocenters. The molecule has 1 aliphatic heterocycles. The van der Waals surface area contributed by atoms with Gasteiger partial charge in [0, 0.05) is 29.4 Å². The Morgan fingerprint density at radius 3 is 2.63 bits per heavy atom. The number of rotatable bonds is 6. The van der Waals surface area contributed by atoms with Crippen LogP contribution in [0.2, 0.25) is 0 Å². The Kier molecular flexibility index (Phi) is 5.73. The van der Waals surface area contributed by atoms with Crippen LogP contribution in [-0.4, -0.2) is 59.8 Å². The first-order valence-corrected chi connectivity index (χ1v) is 12.9. The minimum atomic E-state index is -3.43. The van der Waals surface area contributed by atoms with Gasteiger partial charge in [0.15, 0.2) is 0 Å². The largest absolute Gasteiger partial charge is 0.380 e. The van der Waals surface area contributed by atoms with Crippen LogP contribution in [-0.2, 0) is 21.2 Å². The Bertz CT molecular complexity index is 1030. The third-order valence-electron chi connectivity index (χ3n) is 6.07. The topological polar surface area (TPSA) is 99.6 Å². The number of thiazole rings is 1. The normalized spacial score (nSPS) is 23.4. The maximum Gasteiger partial charge on any atom is 0.254 e. The zero-order valence-corrected chi connectivity index (χ0v) is 18.8. The van der Waals surface area contributed by atoms with E-state index >= 15 is 0 Å². The smallest absolute Gasteiger partial charge is 0.254 e. The summed E-state index contributed by atoms with van der Waals surface area (Å²) in [5.74, 6) is -0.285. The molecule has 1 saturated heterocycles. The van der Waals surface area contributed by atoms with Crippen LogP contribution < -0.4 is 4.72 Å². The number of carbonyl (C=O) groups excluding carboxylic acids is 1. The molecule has 2 heterocycles. The van der Waals surface area contributed by atoms with Crippen molar-refractivity contribution in [3.63, 3.8) is 0 Å². The number of sulfonamides is 1. The fourth-order valence-electron chi connectivity index (χ4n) is 4.28. The number of likely N-dealkylation sites (tertiary alicyclic amines) is 1. The van der Waals surface area contributed by atoms with Crippen LogP contribution in [0.3, 0.4) is 0 Å². The van der Waals surface area contributed by atoms with E-state index < -0.39 is 21.7 Å². The summed E-state index contributed by atoms with van der Waals surface area (Å²) in [6, 6.07) is 9.14. The molecule has 7 nitrogen and oxygen atoms in total. The predicted molar refractivity (Wildman–Crippen MR) is 117 cm³/mol. The van der Waals surface area contributed by atoms with Crippen molar-refractivity contribution >= 4 is 27.3 Å². The third kappa shape index (κ3) is 4.30. The lowest BCUT2D eigenvalue weighted by Crippen LogP contribution is -2.57. The number of aromatic nitrogens is 1. The molecule has 2 N–H and O–H groups in total. The average Bonchev–Trinajstić information content (AvgIpc) is 3.23. The van der Waals surface area contributed by atoms with Gasteiger partial charge in [-0.25, -0.2) is 18.1 Å². The van der Waals surface area contributed by atoms with Crippen LogP contribution in [0.1, 0.15) is 36.3 Å². The second-order valence-electron chi connectivity index (χ2n) is 8.33. The van der Waals surface area contributed by atoms with Gasteiger partial charge in [0.2, 0.25) is 10.0 Å². The SMILES string of the molecule is Cc1sc(-c2ccccc2)nc1C[C@@H]1[C@H](NS(C)(=O)=O)CCN1C(=O)C1(O)CCC1. The summed E-state index contributed by atoms with van der Waals surface area (Å²) in [7, 11) is -3.43. The minimum absolute atomic E-state index is 0.285. The fraction of sp³-hybridized carbons (Fsp3) is 0.524. The van der Waals surface area contributed by atoms with E-state index in [2.05, 4.69) is 4.72 Å². The minimum Gasteiger partial charge on any atom is -0.380 e.